The lowest BCUT2D eigenvalue weighted by Crippen LogP contribution is -2.07. The van der Waals surface area contributed by atoms with Crippen molar-refractivity contribution >= 4 is 59.7 Å². The van der Waals surface area contributed by atoms with Crippen LogP contribution in [-0.4, -0.2) is 21.5 Å². The molecule has 0 saturated carbocycles. The maximum atomic E-state index is 14.3. The third-order valence-electron chi connectivity index (χ3n) is 6.08. The molecule has 4 heterocycles. The molecule has 0 spiro atoms. The summed E-state index contributed by atoms with van der Waals surface area (Å²) in [6, 6.07) is 16.2. The van der Waals surface area contributed by atoms with Gasteiger partial charge in [0.25, 0.3) is 0 Å². The SMILES string of the molecule is Cc1[nH]c2c(F)ccc(C)c2c1CCNc1ncnc2cc(-c3cc4ccccc4s3)sc12. The number of aromatic nitrogens is 3. The van der Waals surface area contributed by atoms with Crippen LogP contribution in [0.25, 0.3) is 41.0 Å². The second-order valence-electron chi connectivity index (χ2n) is 8.22. The second kappa shape index (κ2) is 7.93. The van der Waals surface area contributed by atoms with Gasteiger partial charge in [0.15, 0.2) is 0 Å². The van der Waals surface area contributed by atoms with Crippen LogP contribution in [0.15, 0.2) is 54.9 Å². The van der Waals surface area contributed by atoms with Crippen LogP contribution in [0, 0.1) is 19.7 Å². The van der Waals surface area contributed by atoms with Crippen LogP contribution in [0.1, 0.15) is 16.8 Å². The molecule has 0 amide bonds. The Morgan fingerprint density at radius 2 is 1.85 bits per heavy atom. The van der Waals surface area contributed by atoms with Crippen LogP contribution >= 0.6 is 22.7 Å². The largest absolute Gasteiger partial charge is 0.368 e. The Morgan fingerprint density at radius 3 is 2.73 bits per heavy atom. The number of nitrogens with zero attached hydrogens (tertiary/aromatic N) is 2. The van der Waals surface area contributed by atoms with Crippen molar-refractivity contribution in [2.45, 2.75) is 20.3 Å². The molecule has 6 rings (SSSR count). The smallest absolute Gasteiger partial charge is 0.147 e. The molecule has 0 aliphatic heterocycles. The number of benzene rings is 2. The molecule has 0 saturated heterocycles. The summed E-state index contributed by atoms with van der Waals surface area (Å²) in [5.41, 5.74) is 4.79. The molecule has 0 bridgehead atoms. The molecule has 0 aliphatic carbocycles. The van der Waals surface area contributed by atoms with Crippen LogP contribution in [-0.2, 0) is 6.42 Å². The van der Waals surface area contributed by atoms with Gasteiger partial charge in [0.2, 0.25) is 0 Å². The average molecular weight is 473 g/mol. The van der Waals surface area contributed by atoms with Crippen LogP contribution in [0.4, 0.5) is 10.2 Å². The third kappa shape index (κ3) is 3.48. The summed E-state index contributed by atoms with van der Waals surface area (Å²) in [4.78, 5) is 14.7. The molecule has 0 fully saturated rings. The Kier molecular flexibility index (Phi) is 4.89. The topological polar surface area (TPSA) is 53.6 Å². The predicted molar refractivity (Wildman–Crippen MR) is 138 cm³/mol. The lowest BCUT2D eigenvalue weighted by Gasteiger charge is -2.07. The molecule has 2 N–H and O–H groups in total. The Labute approximate surface area is 198 Å². The Hall–Kier alpha value is -3.29. The van der Waals surface area contributed by atoms with Crippen LogP contribution < -0.4 is 5.32 Å². The summed E-state index contributed by atoms with van der Waals surface area (Å²) < 4.78 is 16.6. The fraction of sp³-hybridized carbons (Fsp3) is 0.154. The van der Waals surface area contributed by atoms with Gasteiger partial charge in [-0.05, 0) is 61.0 Å². The molecule has 4 nitrogen and oxygen atoms in total. The van der Waals surface area contributed by atoms with E-state index in [9.17, 15) is 4.39 Å². The van der Waals surface area contributed by atoms with E-state index in [0.29, 0.717) is 12.1 Å². The summed E-state index contributed by atoms with van der Waals surface area (Å²) in [7, 11) is 0. The molecule has 0 aliphatic rings. The molecule has 6 aromatic rings. The molecular weight excluding hydrogens is 451 g/mol. The van der Waals surface area contributed by atoms with Crippen LogP contribution in [0.2, 0.25) is 0 Å². The maximum Gasteiger partial charge on any atom is 0.147 e. The molecule has 4 aromatic heterocycles. The molecule has 7 heteroatoms. The number of fused-ring (bicyclic) bond motifs is 3. The van der Waals surface area contributed by atoms with E-state index in [-0.39, 0.29) is 5.82 Å². The van der Waals surface area contributed by atoms with E-state index in [4.69, 9.17) is 0 Å². The number of nitrogens with one attached hydrogen (secondary N) is 2. The average Bonchev–Trinajstić information content (AvgIpc) is 3.52. The van der Waals surface area contributed by atoms with Crippen molar-refractivity contribution in [2.24, 2.45) is 0 Å². The summed E-state index contributed by atoms with van der Waals surface area (Å²) in [6.07, 6.45) is 2.39. The maximum absolute atomic E-state index is 14.3. The standard InChI is InChI=1S/C26H21FN4S2/c1-14-7-8-18(27)24-23(14)17(15(2)31-24)9-10-28-26-25-19(29-13-30-26)12-22(33-25)21-11-16-5-3-4-6-20(16)32-21/h3-8,11-13,31H,9-10H2,1-2H3,(H,28,29,30). The summed E-state index contributed by atoms with van der Waals surface area (Å²) in [5.74, 6) is 0.639. The van der Waals surface area contributed by atoms with E-state index >= 15 is 0 Å². The summed E-state index contributed by atoms with van der Waals surface area (Å²) in [5, 5.41) is 5.75. The fourth-order valence-corrected chi connectivity index (χ4v) is 6.68. The minimum Gasteiger partial charge on any atom is -0.368 e. The first kappa shape index (κ1) is 20.3. The molecule has 0 unspecified atom stereocenters. The van der Waals surface area contributed by atoms with E-state index < -0.39 is 0 Å². The number of aromatic amines is 1. The number of hydrogen-bond acceptors (Lipinski definition) is 5. The molecule has 2 aromatic carbocycles. The molecule has 33 heavy (non-hydrogen) atoms. The predicted octanol–water partition coefficient (Wildman–Crippen LogP) is 7.46. The van der Waals surface area contributed by atoms with Gasteiger partial charge in [-0.2, -0.15) is 0 Å². The first-order chi connectivity index (χ1) is 16.1. The van der Waals surface area contributed by atoms with Gasteiger partial charge < -0.3 is 10.3 Å². The first-order valence-electron chi connectivity index (χ1n) is 10.8. The van der Waals surface area contributed by atoms with E-state index in [0.717, 1.165) is 44.7 Å². The van der Waals surface area contributed by atoms with Gasteiger partial charge in [-0.1, -0.05) is 24.3 Å². The zero-order valence-electron chi connectivity index (χ0n) is 18.2. The van der Waals surface area contributed by atoms with Crippen molar-refractivity contribution in [1.82, 2.24) is 15.0 Å². The van der Waals surface area contributed by atoms with Gasteiger partial charge in [-0.3, -0.25) is 0 Å². The van der Waals surface area contributed by atoms with Crippen molar-refractivity contribution in [1.29, 1.82) is 0 Å². The Balaban J connectivity index is 1.28. The molecule has 0 radical (unpaired) electrons. The number of thiophene rings is 2. The van der Waals surface area contributed by atoms with E-state index in [1.165, 1.54) is 25.9 Å². The van der Waals surface area contributed by atoms with Crippen molar-refractivity contribution in [2.75, 3.05) is 11.9 Å². The second-order valence-corrected chi connectivity index (χ2v) is 10.4. The normalized spacial score (nSPS) is 11.7. The monoisotopic (exact) mass is 472 g/mol. The Bertz CT molecular complexity index is 1610. The molecular formula is C26H21FN4S2. The number of halogens is 1. The van der Waals surface area contributed by atoms with E-state index in [1.54, 1.807) is 29.0 Å². The van der Waals surface area contributed by atoms with Crippen molar-refractivity contribution in [3.63, 3.8) is 0 Å². The van der Waals surface area contributed by atoms with Crippen LogP contribution in [0.3, 0.4) is 0 Å². The highest BCUT2D eigenvalue weighted by Crippen LogP contribution is 2.40. The highest BCUT2D eigenvalue weighted by molar-refractivity contribution is 7.28. The van der Waals surface area contributed by atoms with Gasteiger partial charge in [-0.15, -0.1) is 22.7 Å². The van der Waals surface area contributed by atoms with Gasteiger partial charge in [0.1, 0.15) is 18.0 Å². The van der Waals surface area contributed by atoms with E-state index in [1.807, 2.05) is 19.9 Å². The number of anilines is 1. The van der Waals surface area contributed by atoms with Crippen molar-refractivity contribution < 1.29 is 4.39 Å². The Morgan fingerprint density at radius 1 is 1.00 bits per heavy atom. The number of aryl methyl sites for hydroxylation is 2. The molecule has 164 valence electrons. The van der Waals surface area contributed by atoms with Crippen LogP contribution in [0.5, 0.6) is 0 Å². The van der Waals surface area contributed by atoms with E-state index in [2.05, 4.69) is 56.7 Å². The number of rotatable bonds is 5. The number of hydrogen-bond donors (Lipinski definition) is 2. The van der Waals surface area contributed by atoms with Gasteiger partial charge >= 0.3 is 0 Å². The first-order valence-corrected chi connectivity index (χ1v) is 12.5. The van der Waals surface area contributed by atoms with Gasteiger partial charge in [0, 0.05) is 32.1 Å². The lowest BCUT2D eigenvalue weighted by molar-refractivity contribution is 0.637. The van der Waals surface area contributed by atoms with Crippen molar-refractivity contribution in [3.05, 3.63) is 77.5 Å². The van der Waals surface area contributed by atoms with Gasteiger partial charge in [0.05, 0.1) is 15.7 Å². The zero-order chi connectivity index (χ0) is 22.5. The highest BCUT2D eigenvalue weighted by atomic mass is 32.1. The minimum atomic E-state index is -0.206. The molecule has 0 atom stereocenters. The quantitative estimate of drug-likeness (QED) is 0.274. The summed E-state index contributed by atoms with van der Waals surface area (Å²) in [6.45, 7) is 4.74. The lowest BCUT2D eigenvalue weighted by atomic mass is 10.0. The van der Waals surface area contributed by atoms with Crippen molar-refractivity contribution in [3.8, 4) is 9.75 Å². The minimum absolute atomic E-state index is 0.206. The highest BCUT2D eigenvalue weighted by Gasteiger charge is 2.15. The zero-order valence-corrected chi connectivity index (χ0v) is 19.8. The summed E-state index contributed by atoms with van der Waals surface area (Å²) >= 11 is 3.52. The van der Waals surface area contributed by atoms with Gasteiger partial charge in [-0.25, -0.2) is 14.4 Å². The number of H-pyrrole nitrogens is 1. The third-order valence-corrected chi connectivity index (χ3v) is 8.52. The fourth-order valence-electron chi connectivity index (χ4n) is 4.47.